The fourth-order valence-electron chi connectivity index (χ4n) is 2.28. The van der Waals surface area contributed by atoms with E-state index in [0.29, 0.717) is 0 Å². The molecule has 1 aromatic rings. The van der Waals surface area contributed by atoms with Gasteiger partial charge in [0.2, 0.25) is 0 Å². The van der Waals surface area contributed by atoms with Crippen molar-refractivity contribution in [1.29, 1.82) is 0 Å². The van der Waals surface area contributed by atoms with Gasteiger partial charge < -0.3 is 4.74 Å². The fraction of sp³-hybridized carbons (Fsp3) is 0.625. The third-order valence-corrected chi connectivity index (χ3v) is 4.13. The topological polar surface area (TPSA) is 12.5 Å². The van der Waals surface area contributed by atoms with Gasteiger partial charge in [-0.3, -0.25) is 4.90 Å². The molecule has 2 nitrogen and oxygen atoms in total. The van der Waals surface area contributed by atoms with E-state index in [2.05, 4.69) is 49.9 Å². The number of hydrogen-bond donors (Lipinski definition) is 0. The lowest BCUT2D eigenvalue weighted by atomic mass is 9.82. The van der Waals surface area contributed by atoms with E-state index in [1.807, 2.05) is 0 Å². The second-order valence-corrected chi connectivity index (χ2v) is 5.82. The summed E-state index contributed by atoms with van der Waals surface area (Å²) in [5.41, 5.74) is 3.14. The monoisotopic (exact) mass is 247 g/mol. The van der Waals surface area contributed by atoms with Crippen LogP contribution in [0.4, 0.5) is 0 Å². The van der Waals surface area contributed by atoms with E-state index < -0.39 is 0 Å². The molecule has 1 fully saturated rings. The van der Waals surface area contributed by atoms with Crippen molar-refractivity contribution in [3.05, 3.63) is 35.4 Å². The molecule has 2 heteroatoms. The van der Waals surface area contributed by atoms with E-state index in [4.69, 9.17) is 4.74 Å². The Morgan fingerprint density at radius 3 is 2.28 bits per heavy atom. The molecule has 1 aliphatic rings. The van der Waals surface area contributed by atoms with E-state index >= 15 is 0 Å². The Balaban J connectivity index is 1.99. The summed E-state index contributed by atoms with van der Waals surface area (Å²) in [6.45, 7) is 11.8. The van der Waals surface area contributed by atoms with Crippen molar-refractivity contribution in [1.82, 2.24) is 4.90 Å². The van der Waals surface area contributed by atoms with Crippen LogP contribution in [-0.4, -0.2) is 31.2 Å². The molecule has 0 saturated carbocycles. The molecule has 0 radical (unpaired) electrons. The summed E-state index contributed by atoms with van der Waals surface area (Å²) in [5, 5.41) is 0. The van der Waals surface area contributed by atoms with Crippen molar-refractivity contribution < 1.29 is 4.74 Å². The standard InChI is InChI=1S/C16H25NO/c1-4-16(2,3)15-7-5-14(6-8-15)13-17-9-11-18-12-10-17/h5-8H,4,9-13H2,1-3H3. The van der Waals surface area contributed by atoms with Crippen molar-refractivity contribution in [2.75, 3.05) is 26.3 Å². The fourth-order valence-corrected chi connectivity index (χ4v) is 2.28. The number of benzene rings is 1. The van der Waals surface area contributed by atoms with Crippen LogP contribution in [0.3, 0.4) is 0 Å². The maximum Gasteiger partial charge on any atom is 0.0594 e. The number of nitrogens with zero attached hydrogens (tertiary/aromatic N) is 1. The molecule has 1 aliphatic heterocycles. The van der Waals surface area contributed by atoms with Crippen LogP contribution >= 0.6 is 0 Å². The van der Waals surface area contributed by atoms with Crippen LogP contribution in [0.1, 0.15) is 38.3 Å². The van der Waals surface area contributed by atoms with Crippen LogP contribution in [0.15, 0.2) is 24.3 Å². The molecular weight excluding hydrogens is 222 g/mol. The van der Waals surface area contributed by atoms with Crippen LogP contribution in [0.25, 0.3) is 0 Å². The van der Waals surface area contributed by atoms with Crippen molar-refractivity contribution in [3.8, 4) is 0 Å². The predicted octanol–water partition coefficient (Wildman–Crippen LogP) is 3.21. The van der Waals surface area contributed by atoms with Gasteiger partial charge in [0.25, 0.3) is 0 Å². The predicted molar refractivity (Wildman–Crippen MR) is 75.9 cm³/mol. The van der Waals surface area contributed by atoms with Gasteiger partial charge in [-0.15, -0.1) is 0 Å². The zero-order chi connectivity index (χ0) is 13.0. The molecule has 0 amide bonds. The molecule has 1 heterocycles. The second-order valence-electron chi connectivity index (χ2n) is 5.82. The quantitative estimate of drug-likeness (QED) is 0.810. The molecule has 100 valence electrons. The molecule has 0 unspecified atom stereocenters. The molecule has 2 rings (SSSR count). The van der Waals surface area contributed by atoms with Gasteiger partial charge >= 0.3 is 0 Å². The molecule has 0 atom stereocenters. The highest BCUT2D eigenvalue weighted by Crippen LogP contribution is 2.26. The van der Waals surface area contributed by atoms with Crippen LogP contribution in [0.2, 0.25) is 0 Å². The molecule has 0 aromatic heterocycles. The summed E-state index contributed by atoms with van der Waals surface area (Å²) in [6, 6.07) is 9.14. The number of ether oxygens (including phenoxy) is 1. The van der Waals surface area contributed by atoms with Crippen molar-refractivity contribution >= 4 is 0 Å². The second kappa shape index (κ2) is 5.85. The van der Waals surface area contributed by atoms with Gasteiger partial charge in [-0.1, -0.05) is 45.0 Å². The zero-order valence-corrected chi connectivity index (χ0v) is 11.9. The normalized spacial score (nSPS) is 17.9. The van der Waals surface area contributed by atoms with E-state index in [0.717, 1.165) is 32.8 Å². The SMILES string of the molecule is CCC(C)(C)c1ccc(CN2CCOCC2)cc1. The summed E-state index contributed by atoms with van der Waals surface area (Å²) in [4.78, 5) is 2.46. The molecule has 0 spiro atoms. The minimum Gasteiger partial charge on any atom is -0.379 e. The van der Waals surface area contributed by atoms with Gasteiger partial charge in [-0.2, -0.15) is 0 Å². The van der Waals surface area contributed by atoms with Crippen LogP contribution < -0.4 is 0 Å². The lowest BCUT2D eigenvalue weighted by Gasteiger charge is -2.27. The molecule has 1 aromatic carbocycles. The lowest BCUT2D eigenvalue weighted by molar-refractivity contribution is 0.0342. The summed E-state index contributed by atoms with van der Waals surface area (Å²) in [5.74, 6) is 0. The Kier molecular flexibility index (Phi) is 4.41. The molecule has 0 aliphatic carbocycles. The van der Waals surface area contributed by atoms with E-state index in [-0.39, 0.29) is 5.41 Å². The third-order valence-electron chi connectivity index (χ3n) is 4.13. The lowest BCUT2D eigenvalue weighted by Crippen LogP contribution is -2.35. The highest BCUT2D eigenvalue weighted by atomic mass is 16.5. The Morgan fingerprint density at radius 1 is 1.11 bits per heavy atom. The van der Waals surface area contributed by atoms with Gasteiger partial charge in [-0.25, -0.2) is 0 Å². The van der Waals surface area contributed by atoms with Gasteiger partial charge in [0, 0.05) is 19.6 Å². The van der Waals surface area contributed by atoms with Crippen LogP contribution in [-0.2, 0) is 16.7 Å². The molecule has 18 heavy (non-hydrogen) atoms. The first-order valence-electron chi connectivity index (χ1n) is 7.01. The molecule has 0 N–H and O–H groups in total. The summed E-state index contributed by atoms with van der Waals surface area (Å²) in [7, 11) is 0. The number of morpholine rings is 1. The van der Waals surface area contributed by atoms with Crippen LogP contribution in [0, 0.1) is 0 Å². The first kappa shape index (κ1) is 13.6. The Morgan fingerprint density at radius 2 is 1.72 bits per heavy atom. The maximum atomic E-state index is 5.37. The highest BCUT2D eigenvalue weighted by Gasteiger charge is 2.17. The Labute approximate surface area is 111 Å². The molecular formula is C16H25NO. The average Bonchev–Trinajstić information content (AvgIpc) is 2.40. The summed E-state index contributed by atoms with van der Waals surface area (Å²) >= 11 is 0. The van der Waals surface area contributed by atoms with E-state index in [9.17, 15) is 0 Å². The molecule has 0 bridgehead atoms. The van der Waals surface area contributed by atoms with Crippen LogP contribution in [0.5, 0.6) is 0 Å². The smallest absolute Gasteiger partial charge is 0.0594 e. The van der Waals surface area contributed by atoms with Gasteiger partial charge in [0.1, 0.15) is 0 Å². The first-order valence-corrected chi connectivity index (χ1v) is 7.01. The van der Waals surface area contributed by atoms with Crippen molar-refractivity contribution in [2.45, 2.75) is 39.2 Å². The van der Waals surface area contributed by atoms with Crippen molar-refractivity contribution in [2.24, 2.45) is 0 Å². The highest BCUT2D eigenvalue weighted by molar-refractivity contribution is 5.28. The minimum atomic E-state index is 0.289. The summed E-state index contributed by atoms with van der Waals surface area (Å²) < 4.78 is 5.37. The van der Waals surface area contributed by atoms with E-state index in [1.165, 1.54) is 17.5 Å². The average molecular weight is 247 g/mol. The Bertz CT molecular complexity index is 363. The van der Waals surface area contributed by atoms with E-state index in [1.54, 1.807) is 0 Å². The third kappa shape index (κ3) is 3.33. The summed E-state index contributed by atoms with van der Waals surface area (Å²) in [6.07, 6.45) is 1.18. The van der Waals surface area contributed by atoms with Gasteiger partial charge in [0.15, 0.2) is 0 Å². The largest absolute Gasteiger partial charge is 0.379 e. The molecule has 1 saturated heterocycles. The maximum absolute atomic E-state index is 5.37. The van der Waals surface area contributed by atoms with Gasteiger partial charge in [0.05, 0.1) is 13.2 Å². The number of rotatable bonds is 4. The zero-order valence-electron chi connectivity index (χ0n) is 11.9. The Hall–Kier alpha value is -0.860. The first-order chi connectivity index (χ1) is 8.62. The minimum absolute atomic E-state index is 0.289. The number of hydrogen-bond acceptors (Lipinski definition) is 2. The van der Waals surface area contributed by atoms with Crippen molar-refractivity contribution in [3.63, 3.8) is 0 Å². The van der Waals surface area contributed by atoms with Gasteiger partial charge in [-0.05, 0) is 23.0 Å².